The van der Waals surface area contributed by atoms with E-state index in [1.807, 2.05) is 0 Å². The summed E-state index contributed by atoms with van der Waals surface area (Å²) in [5, 5.41) is 8.42. The molecule has 4 N–H and O–H groups in total. The van der Waals surface area contributed by atoms with Gasteiger partial charge in [0.2, 0.25) is 0 Å². The molecule has 0 aliphatic carbocycles. The van der Waals surface area contributed by atoms with Crippen molar-refractivity contribution >= 4 is 5.97 Å². The summed E-state index contributed by atoms with van der Waals surface area (Å²) in [6.07, 6.45) is 3.34. The molecular formula is C6H9N3O2Zn. The Balaban J connectivity index is 0.00000121. The van der Waals surface area contributed by atoms with Gasteiger partial charge in [0.25, 0.3) is 0 Å². The van der Waals surface area contributed by atoms with Crippen molar-refractivity contribution in [3.8, 4) is 0 Å². The van der Waals surface area contributed by atoms with E-state index in [0.717, 1.165) is 5.69 Å². The van der Waals surface area contributed by atoms with Crippen LogP contribution < -0.4 is 5.73 Å². The molecule has 0 fully saturated rings. The van der Waals surface area contributed by atoms with Crippen LogP contribution in [-0.2, 0) is 30.7 Å². The zero-order chi connectivity index (χ0) is 8.27. The fourth-order valence-electron chi connectivity index (χ4n) is 0.721. The first kappa shape index (κ1) is 11.3. The third-order valence-corrected chi connectivity index (χ3v) is 1.31. The fourth-order valence-corrected chi connectivity index (χ4v) is 0.721. The normalized spacial score (nSPS) is 11.8. The molecule has 0 amide bonds. The molecule has 0 aliphatic heterocycles. The summed E-state index contributed by atoms with van der Waals surface area (Å²) in [7, 11) is 0. The number of carboxylic acid groups (broad SMARTS) is 1. The topological polar surface area (TPSA) is 92.0 Å². The van der Waals surface area contributed by atoms with Crippen molar-refractivity contribution in [2.45, 2.75) is 12.5 Å². The minimum absolute atomic E-state index is 0. The van der Waals surface area contributed by atoms with Crippen LogP contribution >= 0.6 is 0 Å². The van der Waals surface area contributed by atoms with Crippen molar-refractivity contribution in [1.29, 1.82) is 0 Å². The van der Waals surface area contributed by atoms with Crippen LogP contribution in [0.2, 0.25) is 0 Å². The van der Waals surface area contributed by atoms with Crippen molar-refractivity contribution in [2.24, 2.45) is 5.73 Å². The van der Waals surface area contributed by atoms with Crippen molar-refractivity contribution in [3.05, 3.63) is 18.2 Å². The van der Waals surface area contributed by atoms with Crippen LogP contribution in [0.5, 0.6) is 0 Å². The van der Waals surface area contributed by atoms with E-state index in [-0.39, 0.29) is 25.9 Å². The van der Waals surface area contributed by atoms with E-state index in [9.17, 15) is 4.79 Å². The number of hydrogen-bond donors (Lipinski definition) is 3. The summed E-state index contributed by atoms with van der Waals surface area (Å²) in [5.41, 5.74) is 6.00. The van der Waals surface area contributed by atoms with Gasteiger partial charge in [-0.25, -0.2) is 4.98 Å². The molecule has 0 saturated carbocycles. The number of nitrogens with one attached hydrogen (secondary N) is 1. The number of aromatic amines is 1. The fraction of sp³-hybridized carbons (Fsp3) is 0.333. The van der Waals surface area contributed by atoms with E-state index < -0.39 is 12.0 Å². The second-order valence-corrected chi connectivity index (χ2v) is 2.23. The molecule has 12 heavy (non-hydrogen) atoms. The van der Waals surface area contributed by atoms with Crippen LogP contribution in [0.1, 0.15) is 5.69 Å². The van der Waals surface area contributed by atoms with Crippen LogP contribution in [0.15, 0.2) is 12.5 Å². The molecule has 0 aromatic carbocycles. The average molecular weight is 221 g/mol. The molecule has 0 aliphatic rings. The van der Waals surface area contributed by atoms with Crippen molar-refractivity contribution < 1.29 is 29.4 Å². The van der Waals surface area contributed by atoms with Gasteiger partial charge in [-0.15, -0.1) is 0 Å². The maximum Gasteiger partial charge on any atom is 0.320 e. The van der Waals surface area contributed by atoms with Crippen LogP contribution in [-0.4, -0.2) is 27.1 Å². The Bertz CT molecular complexity index is 237. The number of aromatic nitrogens is 2. The molecule has 1 rings (SSSR count). The summed E-state index contributed by atoms with van der Waals surface area (Å²) in [4.78, 5) is 16.8. The molecule has 0 unspecified atom stereocenters. The maximum atomic E-state index is 10.3. The van der Waals surface area contributed by atoms with Gasteiger partial charge in [0.15, 0.2) is 0 Å². The summed E-state index contributed by atoms with van der Waals surface area (Å²) in [6.45, 7) is 0. The quantitative estimate of drug-likeness (QED) is 0.591. The monoisotopic (exact) mass is 219 g/mol. The van der Waals surface area contributed by atoms with Gasteiger partial charge in [0.1, 0.15) is 6.04 Å². The average Bonchev–Trinajstić information content (AvgIpc) is 2.39. The van der Waals surface area contributed by atoms with E-state index in [1.165, 1.54) is 6.33 Å². The molecule has 0 bridgehead atoms. The Kier molecular flexibility index (Phi) is 4.70. The van der Waals surface area contributed by atoms with Gasteiger partial charge in [-0.2, -0.15) is 0 Å². The molecule has 1 heterocycles. The molecular weight excluding hydrogens is 211 g/mol. The number of imidazole rings is 1. The molecule has 1 aromatic heterocycles. The van der Waals surface area contributed by atoms with Crippen molar-refractivity contribution in [2.75, 3.05) is 0 Å². The maximum absolute atomic E-state index is 10.3. The molecule has 0 spiro atoms. The van der Waals surface area contributed by atoms with Gasteiger partial charge in [-0.05, 0) is 0 Å². The Labute approximate surface area is 82.1 Å². The van der Waals surface area contributed by atoms with Gasteiger partial charge < -0.3 is 15.8 Å². The summed E-state index contributed by atoms with van der Waals surface area (Å²) < 4.78 is 0. The number of H-pyrrole nitrogens is 1. The minimum atomic E-state index is -1.00. The molecule has 0 saturated heterocycles. The van der Waals surface area contributed by atoms with Crippen LogP contribution in [0.4, 0.5) is 0 Å². The van der Waals surface area contributed by atoms with Crippen molar-refractivity contribution in [3.63, 3.8) is 0 Å². The first-order chi connectivity index (χ1) is 5.20. The smallest absolute Gasteiger partial charge is 0.320 e. The van der Waals surface area contributed by atoms with E-state index in [1.54, 1.807) is 6.20 Å². The molecule has 0 radical (unpaired) electrons. The Morgan fingerprint density at radius 2 is 2.50 bits per heavy atom. The SMILES string of the molecule is N[C@H](Cc1cnc[nH]1)C(=O)O.[Zn]. The molecule has 5 nitrogen and oxygen atoms in total. The van der Waals surface area contributed by atoms with Gasteiger partial charge in [-0.3, -0.25) is 4.79 Å². The van der Waals surface area contributed by atoms with E-state index in [0.29, 0.717) is 0 Å². The number of hydrogen-bond acceptors (Lipinski definition) is 3. The number of rotatable bonds is 3. The van der Waals surface area contributed by atoms with Gasteiger partial charge in [-0.1, -0.05) is 0 Å². The van der Waals surface area contributed by atoms with E-state index in [2.05, 4.69) is 9.97 Å². The minimum Gasteiger partial charge on any atom is -0.480 e. The number of nitrogens with zero attached hydrogens (tertiary/aromatic N) is 1. The summed E-state index contributed by atoms with van der Waals surface area (Å²) in [6, 6.07) is -0.851. The standard InChI is InChI=1S/C6H9N3O2.Zn/c7-5(6(10)11)1-4-2-8-3-9-4;/h2-3,5H,1,7H2,(H,8,9)(H,10,11);/t5-;/m1./s1. The zero-order valence-electron chi connectivity index (χ0n) is 6.53. The second-order valence-electron chi connectivity index (χ2n) is 2.23. The van der Waals surface area contributed by atoms with E-state index >= 15 is 0 Å². The molecule has 1 atom stereocenters. The molecule has 62 valence electrons. The first-order valence-electron chi connectivity index (χ1n) is 3.16. The Morgan fingerprint density at radius 3 is 2.92 bits per heavy atom. The van der Waals surface area contributed by atoms with E-state index in [4.69, 9.17) is 10.8 Å². The zero-order valence-corrected chi connectivity index (χ0v) is 9.49. The first-order valence-corrected chi connectivity index (χ1v) is 3.16. The number of nitrogens with two attached hydrogens (primary N) is 1. The molecule has 6 heteroatoms. The number of aliphatic carboxylic acids is 1. The number of carbonyl (C=O) groups is 1. The summed E-state index contributed by atoms with van der Waals surface area (Å²) >= 11 is 0. The number of carboxylic acids is 1. The predicted molar refractivity (Wildman–Crippen MR) is 37.9 cm³/mol. The van der Waals surface area contributed by atoms with Crippen LogP contribution in [0.3, 0.4) is 0 Å². The van der Waals surface area contributed by atoms with Crippen LogP contribution in [0.25, 0.3) is 0 Å². The van der Waals surface area contributed by atoms with Gasteiger partial charge in [0, 0.05) is 37.8 Å². The molecule has 1 aromatic rings. The largest absolute Gasteiger partial charge is 0.480 e. The third kappa shape index (κ3) is 3.11. The van der Waals surface area contributed by atoms with Crippen LogP contribution in [0, 0.1) is 0 Å². The Hall–Kier alpha value is -0.737. The third-order valence-electron chi connectivity index (χ3n) is 1.31. The predicted octanol–water partition coefficient (Wildman–Crippen LogP) is -0.638. The Morgan fingerprint density at radius 1 is 1.83 bits per heavy atom. The van der Waals surface area contributed by atoms with Gasteiger partial charge in [0.05, 0.1) is 6.33 Å². The van der Waals surface area contributed by atoms with Gasteiger partial charge >= 0.3 is 5.97 Å². The summed E-state index contributed by atoms with van der Waals surface area (Å²) in [5.74, 6) is -1.00. The van der Waals surface area contributed by atoms with Crippen molar-refractivity contribution in [1.82, 2.24) is 9.97 Å². The second kappa shape index (κ2) is 5.01.